The van der Waals surface area contributed by atoms with E-state index in [2.05, 4.69) is 52.1 Å². The second kappa shape index (κ2) is 8.16. The molecule has 0 amide bonds. The van der Waals surface area contributed by atoms with Crippen LogP contribution in [0.1, 0.15) is 78.6 Å². The number of fused-ring (bicyclic) bond motifs is 1. The third-order valence-corrected chi connectivity index (χ3v) is 10.6. The molecule has 0 saturated heterocycles. The van der Waals surface area contributed by atoms with Crippen molar-refractivity contribution in [2.24, 2.45) is 5.92 Å². The average molecular weight is 335 g/mol. The molecular weight excluding hydrogens is 296 g/mol. The first kappa shape index (κ1) is 19.0. The predicted octanol–water partition coefficient (Wildman–Crippen LogP) is 7.01. The molecular formula is C21H38OSi. The molecule has 2 atom stereocenters. The molecule has 0 aliphatic heterocycles. The van der Waals surface area contributed by atoms with E-state index in [0.29, 0.717) is 17.1 Å². The molecule has 23 heavy (non-hydrogen) atoms. The van der Waals surface area contributed by atoms with Crippen LogP contribution in [0.3, 0.4) is 0 Å². The van der Waals surface area contributed by atoms with Gasteiger partial charge < -0.3 is 4.43 Å². The van der Waals surface area contributed by atoms with E-state index < -0.39 is 8.32 Å². The highest BCUT2D eigenvalue weighted by Gasteiger charge is 2.41. The van der Waals surface area contributed by atoms with Crippen LogP contribution in [-0.2, 0) is 4.43 Å². The quantitative estimate of drug-likeness (QED) is 0.493. The van der Waals surface area contributed by atoms with Gasteiger partial charge in [0.2, 0.25) is 0 Å². The zero-order valence-electron chi connectivity index (χ0n) is 16.2. The first-order chi connectivity index (χ1) is 10.8. The fourth-order valence-electron chi connectivity index (χ4n) is 3.50. The Labute approximate surface area is 145 Å². The van der Waals surface area contributed by atoms with Gasteiger partial charge >= 0.3 is 0 Å². The maximum Gasteiger partial charge on any atom is 0.192 e. The molecule has 1 nitrogen and oxygen atoms in total. The summed E-state index contributed by atoms with van der Waals surface area (Å²) in [5.74, 6) is 0.643. The zero-order chi connectivity index (χ0) is 16.9. The van der Waals surface area contributed by atoms with Crippen molar-refractivity contribution < 1.29 is 4.43 Å². The summed E-state index contributed by atoms with van der Waals surface area (Å²) in [4.78, 5) is 0. The molecule has 2 bridgehead atoms. The third-order valence-electron chi connectivity index (χ3n) is 6.08. The fraction of sp³-hybridized carbons (Fsp3) is 0.810. The minimum atomic E-state index is -1.67. The van der Waals surface area contributed by atoms with Gasteiger partial charge in [-0.15, -0.1) is 0 Å². The minimum Gasteiger partial charge on any atom is -0.413 e. The Hall–Kier alpha value is -0.343. The fourth-order valence-corrected chi connectivity index (χ4v) is 4.86. The van der Waals surface area contributed by atoms with Crippen molar-refractivity contribution in [3.8, 4) is 0 Å². The average Bonchev–Trinajstić information content (AvgIpc) is 2.81. The van der Waals surface area contributed by atoms with Gasteiger partial charge in [0.05, 0.1) is 6.10 Å². The molecule has 2 aliphatic rings. The van der Waals surface area contributed by atoms with Crippen molar-refractivity contribution in [1.29, 1.82) is 0 Å². The van der Waals surface area contributed by atoms with Gasteiger partial charge in [0.25, 0.3) is 0 Å². The van der Waals surface area contributed by atoms with E-state index in [1.54, 1.807) is 0 Å². The maximum absolute atomic E-state index is 6.81. The minimum absolute atomic E-state index is 0.303. The van der Waals surface area contributed by atoms with Crippen molar-refractivity contribution in [1.82, 2.24) is 0 Å². The van der Waals surface area contributed by atoms with E-state index in [-0.39, 0.29) is 0 Å². The van der Waals surface area contributed by atoms with Crippen LogP contribution in [0.25, 0.3) is 0 Å². The number of rotatable bonds is 2. The lowest BCUT2D eigenvalue weighted by Gasteiger charge is -2.40. The summed E-state index contributed by atoms with van der Waals surface area (Å²) >= 11 is 0. The molecule has 0 aromatic heterocycles. The smallest absolute Gasteiger partial charge is 0.192 e. The van der Waals surface area contributed by atoms with E-state index in [1.807, 2.05) is 0 Å². The molecule has 0 radical (unpaired) electrons. The van der Waals surface area contributed by atoms with Crippen LogP contribution in [0.15, 0.2) is 23.8 Å². The van der Waals surface area contributed by atoms with E-state index in [1.165, 1.54) is 56.9 Å². The summed E-state index contributed by atoms with van der Waals surface area (Å²) in [5, 5.41) is 0.303. The molecule has 2 aliphatic carbocycles. The second-order valence-electron chi connectivity index (χ2n) is 9.13. The molecule has 0 heterocycles. The monoisotopic (exact) mass is 334 g/mol. The number of hydrogen-bond donors (Lipinski definition) is 0. The largest absolute Gasteiger partial charge is 0.413 e. The van der Waals surface area contributed by atoms with Gasteiger partial charge in [-0.3, -0.25) is 0 Å². The molecule has 0 saturated carbocycles. The number of allylic oxidation sites excluding steroid dienone is 2. The van der Waals surface area contributed by atoms with Crippen LogP contribution in [0.5, 0.6) is 0 Å². The highest BCUT2D eigenvalue weighted by atomic mass is 28.4. The van der Waals surface area contributed by atoms with Crippen LogP contribution >= 0.6 is 0 Å². The predicted molar refractivity (Wildman–Crippen MR) is 104 cm³/mol. The lowest BCUT2D eigenvalue weighted by atomic mass is 9.98. The highest BCUT2D eigenvalue weighted by molar-refractivity contribution is 6.74. The summed E-state index contributed by atoms with van der Waals surface area (Å²) in [6, 6.07) is 0. The molecule has 2 heteroatoms. The molecule has 0 unspecified atom stereocenters. The third kappa shape index (κ3) is 5.60. The first-order valence-corrected chi connectivity index (χ1v) is 12.8. The molecule has 0 fully saturated rings. The van der Waals surface area contributed by atoms with Gasteiger partial charge in [-0.1, -0.05) is 71.1 Å². The first-order valence-electron chi connectivity index (χ1n) is 9.85. The van der Waals surface area contributed by atoms with Crippen LogP contribution in [0.2, 0.25) is 18.1 Å². The Kier molecular flexibility index (Phi) is 6.73. The SMILES string of the molecule is CC(C)(C)[Si](C)(C)O[C@H]1CC2=C[C@H]1CCCCCCCC/C=C\2. The van der Waals surface area contributed by atoms with Crippen LogP contribution < -0.4 is 0 Å². The number of hydrogen-bond acceptors (Lipinski definition) is 1. The Morgan fingerprint density at radius 2 is 1.65 bits per heavy atom. The van der Waals surface area contributed by atoms with Gasteiger partial charge in [-0.05, 0) is 49.4 Å². The molecule has 0 N–H and O–H groups in total. The lowest BCUT2D eigenvalue weighted by Crippen LogP contribution is -2.44. The van der Waals surface area contributed by atoms with Crippen LogP contribution in [-0.4, -0.2) is 14.4 Å². The standard InChI is InChI=1S/C21H38OSi/c1-21(2,3)23(4,5)22-20-17-18-14-12-10-8-6-7-9-11-13-15-19(20)16-18/h12,14,16,19-20H,6-11,13,15,17H2,1-5H3/b14-12-/t19-,20+/m1/s1. The van der Waals surface area contributed by atoms with Crippen molar-refractivity contribution in [3.05, 3.63) is 23.8 Å². The van der Waals surface area contributed by atoms with Crippen molar-refractivity contribution in [2.45, 2.75) is 103 Å². The van der Waals surface area contributed by atoms with E-state index in [0.717, 1.165) is 6.42 Å². The topological polar surface area (TPSA) is 9.23 Å². The Morgan fingerprint density at radius 3 is 2.35 bits per heavy atom. The Balaban J connectivity index is 2.05. The normalized spacial score (nSPS) is 29.2. The Bertz CT molecular complexity index is 428. The maximum atomic E-state index is 6.81. The van der Waals surface area contributed by atoms with Gasteiger partial charge in [-0.2, -0.15) is 0 Å². The molecule has 132 valence electrons. The molecule has 0 aromatic rings. The van der Waals surface area contributed by atoms with E-state index >= 15 is 0 Å². The van der Waals surface area contributed by atoms with Gasteiger partial charge in [0, 0.05) is 5.92 Å². The summed E-state index contributed by atoms with van der Waals surface area (Å²) < 4.78 is 6.81. The Morgan fingerprint density at radius 1 is 1.00 bits per heavy atom. The summed E-state index contributed by atoms with van der Waals surface area (Å²) in [6.45, 7) is 11.8. The van der Waals surface area contributed by atoms with Gasteiger partial charge in [0.15, 0.2) is 8.32 Å². The van der Waals surface area contributed by atoms with Crippen LogP contribution in [0.4, 0.5) is 0 Å². The van der Waals surface area contributed by atoms with E-state index in [9.17, 15) is 0 Å². The van der Waals surface area contributed by atoms with Crippen molar-refractivity contribution in [2.75, 3.05) is 0 Å². The molecule has 0 aromatic carbocycles. The van der Waals surface area contributed by atoms with Crippen LogP contribution in [0, 0.1) is 5.92 Å². The second-order valence-corrected chi connectivity index (χ2v) is 13.9. The van der Waals surface area contributed by atoms with Crippen molar-refractivity contribution >= 4 is 8.32 Å². The summed E-state index contributed by atoms with van der Waals surface area (Å²) in [7, 11) is -1.67. The molecule has 0 spiro atoms. The van der Waals surface area contributed by atoms with E-state index in [4.69, 9.17) is 4.43 Å². The summed E-state index contributed by atoms with van der Waals surface area (Å²) in [6.07, 6.45) is 19.8. The van der Waals surface area contributed by atoms with Gasteiger partial charge in [-0.25, -0.2) is 0 Å². The highest BCUT2D eigenvalue weighted by Crippen LogP contribution is 2.41. The summed E-state index contributed by atoms with van der Waals surface area (Å²) in [5.41, 5.74) is 1.53. The zero-order valence-corrected chi connectivity index (χ0v) is 17.2. The van der Waals surface area contributed by atoms with Crippen molar-refractivity contribution in [3.63, 3.8) is 0 Å². The van der Waals surface area contributed by atoms with Gasteiger partial charge in [0.1, 0.15) is 0 Å². The molecule has 2 rings (SSSR count). The lowest BCUT2D eigenvalue weighted by molar-refractivity contribution is 0.144.